The van der Waals surface area contributed by atoms with E-state index in [1.54, 1.807) is 31.3 Å². The first-order chi connectivity index (χ1) is 14.4. The second kappa shape index (κ2) is 9.59. The van der Waals surface area contributed by atoms with Crippen LogP contribution in [0.2, 0.25) is 0 Å². The fraction of sp³-hybridized carbons (Fsp3) is 0.391. The van der Waals surface area contributed by atoms with Gasteiger partial charge in [0.2, 0.25) is 5.91 Å². The monoisotopic (exact) mass is 411 g/mol. The number of carbonyl (C=O) groups is 1. The lowest BCUT2D eigenvalue weighted by Crippen LogP contribution is -2.52. The number of carbonyl (C=O) groups excluding carboxylic acids is 1. The zero-order chi connectivity index (χ0) is 21.7. The summed E-state index contributed by atoms with van der Waals surface area (Å²) in [5.74, 6) is 0.629. The van der Waals surface area contributed by atoms with Crippen LogP contribution in [-0.4, -0.2) is 37.0 Å². The van der Waals surface area contributed by atoms with Crippen LogP contribution in [0.5, 0.6) is 11.5 Å². The number of benzene rings is 2. The third kappa shape index (κ3) is 5.28. The number of nitriles is 1. The minimum Gasteiger partial charge on any atom is -0.490 e. The summed E-state index contributed by atoms with van der Waals surface area (Å²) in [6, 6.07) is 12.2. The van der Waals surface area contributed by atoms with Gasteiger partial charge in [0.1, 0.15) is 30.0 Å². The molecule has 1 N–H and O–H groups in total. The van der Waals surface area contributed by atoms with E-state index in [0.29, 0.717) is 42.3 Å². The van der Waals surface area contributed by atoms with Crippen LogP contribution >= 0.6 is 0 Å². The van der Waals surface area contributed by atoms with Crippen molar-refractivity contribution in [1.82, 2.24) is 10.2 Å². The molecule has 0 radical (unpaired) electrons. The Balaban J connectivity index is 1.56. The molecule has 0 saturated carbocycles. The summed E-state index contributed by atoms with van der Waals surface area (Å²) in [6.07, 6.45) is -0.0216. The standard InChI is InChI=1S/C23H26FN3O3/c1-15(2)30-22-7-4-16(8-18(22)10-25)14-29-20-6-5-17(21(24)9-20)11-27-12-19(13-27)23(28)26-3/h4-9,15,19H,11-14H2,1-3H3,(H,26,28). The third-order valence-electron chi connectivity index (χ3n) is 4.93. The Labute approximate surface area is 176 Å². The normalized spacial score (nSPS) is 14.1. The number of hydrogen-bond donors (Lipinski definition) is 1. The molecule has 0 atom stereocenters. The van der Waals surface area contributed by atoms with Gasteiger partial charge >= 0.3 is 0 Å². The molecule has 1 aliphatic rings. The molecule has 30 heavy (non-hydrogen) atoms. The first-order valence-corrected chi connectivity index (χ1v) is 9.94. The summed E-state index contributed by atoms with van der Waals surface area (Å²) in [7, 11) is 1.62. The predicted octanol–water partition coefficient (Wildman–Crippen LogP) is 3.24. The van der Waals surface area contributed by atoms with Crippen molar-refractivity contribution in [1.29, 1.82) is 5.26 Å². The van der Waals surface area contributed by atoms with Crippen molar-refractivity contribution in [3.8, 4) is 17.6 Å². The predicted molar refractivity (Wildman–Crippen MR) is 110 cm³/mol. The Morgan fingerprint density at radius 2 is 2.07 bits per heavy atom. The van der Waals surface area contributed by atoms with E-state index >= 15 is 0 Å². The number of hydrogen-bond acceptors (Lipinski definition) is 5. The first kappa shape index (κ1) is 21.6. The van der Waals surface area contributed by atoms with Crippen molar-refractivity contribution in [2.75, 3.05) is 20.1 Å². The lowest BCUT2D eigenvalue weighted by atomic mass is 9.98. The van der Waals surface area contributed by atoms with Crippen molar-refractivity contribution >= 4 is 5.91 Å². The van der Waals surface area contributed by atoms with E-state index < -0.39 is 0 Å². The van der Waals surface area contributed by atoms with E-state index in [2.05, 4.69) is 11.4 Å². The van der Waals surface area contributed by atoms with Crippen LogP contribution in [0.1, 0.15) is 30.5 Å². The number of rotatable bonds is 8. The van der Waals surface area contributed by atoms with Crippen molar-refractivity contribution in [2.24, 2.45) is 5.92 Å². The van der Waals surface area contributed by atoms with Gasteiger partial charge in [0, 0.05) is 38.3 Å². The van der Waals surface area contributed by atoms with E-state index in [0.717, 1.165) is 5.56 Å². The Bertz CT molecular complexity index is 949. The number of nitrogens with one attached hydrogen (secondary N) is 1. The highest BCUT2D eigenvalue weighted by Crippen LogP contribution is 2.25. The van der Waals surface area contributed by atoms with Gasteiger partial charge in [-0.2, -0.15) is 5.26 Å². The smallest absolute Gasteiger partial charge is 0.225 e. The maximum absolute atomic E-state index is 14.5. The van der Waals surface area contributed by atoms with E-state index in [4.69, 9.17) is 9.47 Å². The molecule has 6 nitrogen and oxygen atoms in total. The molecule has 1 fully saturated rings. The minimum absolute atomic E-state index is 0.0173. The largest absolute Gasteiger partial charge is 0.490 e. The molecule has 3 rings (SSSR count). The highest BCUT2D eigenvalue weighted by atomic mass is 19.1. The fourth-order valence-corrected chi connectivity index (χ4v) is 3.33. The van der Waals surface area contributed by atoms with Gasteiger partial charge in [0.25, 0.3) is 0 Å². The Hall–Kier alpha value is -3.11. The summed E-state index contributed by atoms with van der Waals surface area (Å²) in [6.45, 7) is 5.75. The molecule has 1 amide bonds. The summed E-state index contributed by atoms with van der Waals surface area (Å²) in [4.78, 5) is 13.6. The van der Waals surface area contributed by atoms with Crippen LogP contribution in [0, 0.1) is 23.1 Å². The van der Waals surface area contributed by atoms with E-state index in [9.17, 15) is 14.4 Å². The van der Waals surface area contributed by atoms with Gasteiger partial charge < -0.3 is 14.8 Å². The van der Waals surface area contributed by atoms with E-state index in [1.165, 1.54) is 6.07 Å². The number of nitrogens with zero attached hydrogens (tertiary/aromatic N) is 2. The maximum atomic E-state index is 14.5. The number of likely N-dealkylation sites (tertiary alicyclic amines) is 1. The lowest BCUT2D eigenvalue weighted by molar-refractivity contribution is -0.129. The SMILES string of the molecule is CNC(=O)C1CN(Cc2ccc(OCc3ccc(OC(C)C)c(C#N)c3)cc2F)C1. The highest BCUT2D eigenvalue weighted by molar-refractivity contribution is 5.79. The van der Waals surface area contributed by atoms with Gasteiger partial charge in [-0.15, -0.1) is 0 Å². The molecule has 0 spiro atoms. The molecule has 7 heteroatoms. The lowest BCUT2D eigenvalue weighted by Gasteiger charge is -2.38. The maximum Gasteiger partial charge on any atom is 0.225 e. The van der Waals surface area contributed by atoms with Gasteiger partial charge in [-0.05, 0) is 37.6 Å². The van der Waals surface area contributed by atoms with Crippen LogP contribution in [-0.2, 0) is 17.9 Å². The summed E-state index contributed by atoms with van der Waals surface area (Å²) in [5.41, 5.74) is 1.81. The van der Waals surface area contributed by atoms with Crippen LogP contribution in [0.4, 0.5) is 4.39 Å². The second-order valence-electron chi connectivity index (χ2n) is 7.66. The summed E-state index contributed by atoms with van der Waals surface area (Å²) < 4.78 is 25.8. The average molecular weight is 411 g/mol. The van der Waals surface area contributed by atoms with Gasteiger partial charge in [0.15, 0.2) is 0 Å². The molecular formula is C23H26FN3O3. The highest BCUT2D eigenvalue weighted by Gasteiger charge is 2.32. The molecule has 0 unspecified atom stereocenters. The van der Waals surface area contributed by atoms with Crippen LogP contribution < -0.4 is 14.8 Å². The molecular weight excluding hydrogens is 385 g/mol. The molecule has 1 heterocycles. The minimum atomic E-state index is -0.339. The Morgan fingerprint density at radius 1 is 1.30 bits per heavy atom. The van der Waals surface area contributed by atoms with Crippen molar-refractivity contribution in [3.05, 3.63) is 58.9 Å². The van der Waals surface area contributed by atoms with Crippen molar-refractivity contribution in [3.63, 3.8) is 0 Å². The average Bonchev–Trinajstić information content (AvgIpc) is 2.69. The van der Waals surface area contributed by atoms with Crippen LogP contribution in [0.15, 0.2) is 36.4 Å². The topological polar surface area (TPSA) is 74.6 Å². The zero-order valence-electron chi connectivity index (χ0n) is 17.4. The van der Waals surface area contributed by atoms with Gasteiger partial charge in [-0.3, -0.25) is 9.69 Å². The number of ether oxygens (including phenoxy) is 2. The molecule has 1 saturated heterocycles. The second-order valence-corrected chi connectivity index (χ2v) is 7.66. The Morgan fingerprint density at radius 3 is 2.70 bits per heavy atom. The number of amides is 1. The van der Waals surface area contributed by atoms with E-state index in [-0.39, 0.29) is 30.4 Å². The Kier molecular flexibility index (Phi) is 6.91. The third-order valence-corrected chi connectivity index (χ3v) is 4.93. The fourth-order valence-electron chi connectivity index (χ4n) is 3.33. The molecule has 0 aromatic heterocycles. The van der Waals surface area contributed by atoms with Crippen LogP contribution in [0.25, 0.3) is 0 Å². The number of halogens is 1. The molecule has 2 aromatic carbocycles. The molecule has 0 aliphatic carbocycles. The molecule has 1 aliphatic heterocycles. The van der Waals surface area contributed by atoms with Gasteiger partial charge in [-0.1, -0.05) is 12.1 Å². The molecule has 158 valence electrons. The summed E-state index contributed by atoms with van der Waals surface area (Å²) >= 11 is 0. The first-order valence-electron chi connectivity index (χ1n) is 9.94. The van der Waals surface area contributed by atoms with Gasteiger partial charge in [0.05, 0.1) is 17.6 Å². The van der Waals surface area contributed by atoms with Gasteiger partial charge in [-0.25, -0.2) is 4.39 Å². The quantitative estimate of drug-likeness (QED) is 0.722. The van der Waals surface area contributed by atoms with E-state index in [1.807, 2.05) is 24.8 Å². The van der Waals surface area contributed by atoms with Crippen molar-refractivity contribution in [2.45, 2.75) is 33.1 Å². The summed E-state index contributed by atoms with van der Waals surface area (Å²) in [5, 5.41) is 12.0. The zero-order valence-corrected chi connectivity index (χ0v) is 17.4. The van der Waals surface area contributed by atoms with Crippen LogP contribution in [0.3, 0.4) is 0 Å². The molecule has 2 aromatic rings. The molecule has 0 bridgehead atoms. The van der Waals surface area contributed by atoms with Crippen molar-refractivity contribution < 1.29 is 18.7 Å².